The van der Waals surface area contributed by atoms with E-state index < -0.39 is 21.9 Å². The van der Waals surface area contributed by atoms with Crippen LogP contribution in [0, 0.1) is 5.82 Å². The molecule has 1 atom stereocenters. The minimum atomic E-state index is -3.37. The quantitative estimate of drug-likeness (QED) is 0.267. The fourth-order valence-corrected chi connectivity index (χ4v) is 4.42. The Morgan fingerprint density at radius 3 is 2.48 bits per heavy atom. The molecule has 1 aromatic rings. The summed E-state index contributed by atoms with van der Waals surface area (Å²) in [6.45, 7) is 8.14. The van der Waals surface area contributed by atoms with Gasteiger partial charge in [-0.3, -0.25) is 4.99 Å². The fourth-order valence-electron chi connectivity index (χ4n) is 3.14. The molecule has 0 spiro atoms. The van der Waals surface area contributed by atoms with Gasteiger partial charge in [0.2, 0.25) is 10.0 Å². The van der Waals surface area contributed by atoms with Crippen molar-refractivity contribution < 1.29 is 22.7 Å². The van der Waals surface area contributed by atoms with Gasteiger partial charge in [-0.05, 0) is 26.8 Å². The number of rotatable bonds is 9. The van der Waals surface area contributed by atoms with E-state index in [0.717, 1.165) is 0 Å². The molecule has 2 rings (SSSR count). The van der Waals surface area contributed by atoms with Gasteiger partial charge in [0.1, 0.15) is 11.9 Å². The van der Waals surface area contributed by atoms with Crippen LogP contribution in [0.4, 0.5) is 4.39 Å². The van der Waals surface area contributed by atoms with Crippen molar-refractivity contribution in [1.29, 1.82) is 0 Å². The normalized spacial score (nSPS) is 16.8. The summed E-state index contributed by atoms with van der Waals surface area (Å²) < 4.78 is 45.7. The first kappa shape index (κ1) is 28.0. The van der Waals surface area contributed by atoms with E-state index in [1.165, 1.54) is 16.4 Å². The van der Waals surface area contributed by atoms with E-state index in [1.54, 1.807) is 12.1 Å². The van der Waals surface area contributed by atoms with Crippen molar-refractivity contribution in [3.63, 3.8) is 0 Å². The van der Waals surface area contributed by atoms with Crippen LogP contribution in [0.15, 0.2) is 29.3 Å². The second-order valence-electron chi connectivity index (χ2n) is 7.35. The fraction of sp³-hybridized carbons (Fsp3) is 0.650. The van der Waals surface area contributed by atoms with Crippen LogP contribution in [-0.2, 0) is 14.8 Å². The van der Waals surface area contributed by atoms with E-state index in [2.05, 4.69) is 10.3 Å². The molecule has 1 heterocycles. The SMILES string of the molecule is CCNC(=NCC(O)c1ccccc1F)N1CCN(S(=O)(=O)CCOC(C)C)CC1.I. The van der Waals surface area contributed by atoms with Gasteiger partial charge in [-0.1, -0.05) is 18.2 Å². The number of aliphatic imine (C=N–C) groups is 1. The van der Waals surface area contributed by atoms with Gasteiger partial charge in [0, 0.05) is 38.3 Å². The van der Waals surface area contributed by atoms with Gasteiger partial charge in [-0.15, -0.1) is 24.0 Å². The van der Waals surface area contributed by atoms with E-state index in [0.29, 0.717) is 38.7 Å². The van der Waals surface area contributed by atoms with Crippen molar-refractivity contribution in [2.45, 2.75) is 33.0 Å². The van der Waals surface area contributed by atoms with E-state index in [4.69, 9.17) is 4.74 Å². The summed E-state index contributed by atoms with van der Waals surface area (Å²) in [5, 5.41) is 13.5. The van der Waals surface area contributed by atoms with Crippen LogP contribution in [0.2, 0.25) is 0 Å². The van der Waals surface area contributed by atoms with Gasteiger partial charge in [0.05, 0.1) is 25.0 Å². The number of piperazine rings is 1. The van der Waals surface area contributed by atoms with Crippen molar-refractivity contribution in [3.05, 3.63) is 35.6 Å². The molecule has 0 radical (unpaired) electrons. The summed E-state index contributed by atoms with van der Waals surface area (Å²) in [4.78, 5) is 6.39. The molecule has 8 nitrogen and oxygen atoms in total. The van der Waals surface area contributed by atoms with Gasteiger partial charge >= 0.3 is 0 Å². The van der Waals surface area contributed by atoms with Gasteiger partial charge in [-0.25, -0.2) is 12.8 Å². The highest BCUT2D eigenvalue weighted by Crippen LogP contribution is 2.17. The maximum Gasteiger partial charge on any atom is 0.216 e. The number of aliphatic hydroxyl groups excluding tert-OH is 1. The van der Waals surface area contributed by atoms with Crippen LogP contribution >= 0.6 is 24.0 Å². The third-order valence-corrected chi connectivity index (χ3v) is 6.57. The van der Waals surface area contributed by atoms with Crippen LogP contribution in [-0.4, -0.2) is 86.4 Å². The smallest absolute Gasteiger partial charge is 0.216 e. The lowest BCUT2D eigenvalue weighted by atomic mass is 10.1. The number of hydrogen-bond acceptors (Lipinski definition) is 5. The highest BCUT2D eigenvalue weighted by atomic mass is 127. The number of ether oxygens (including phenoxy) is 1. The standard InChI is InChI=1S/C20H33FN4O4S.HI/c1-4-22-20(23-15-19(26)17-7-5-6-8-18(17)21)24-9-11-25(12-10-24)30(27,28)14-13-29-16(2)3;/h5-8,16,19,26H,4,9-15H2,1-3H3,(H,22,23);1H. The minimum absolute atomic E-state index is 0. The third-order valence-electron chi connectivity index (χ3n) is 4.74. The lowest BCUT2D eigenvalue weighted by Gasteiger charge is -2.36. The number of aliphatic hydroxyl groups is 1. The van der Waals surface area contributed by atoms with Gasteiger partial charge < -0.3 is 20.1 Å². The minimum Gasteiger partial charge on any atom is -0.386 e. The van der Waals surface area contributed by atoms with Crippen molar-refractivity contribution in [2.24, 2.45) is 4.99 Å². The Morgan fingerprint density at radius 1 is 1.26 bits per heavy atom. The van der Waals surface area contributed by atoms with Crippen LogP contribution in [0.1, 0.15) is 32.4 Å². The molecule has 1 saturated heterocycles. The molecule has 0 saturated carbocycles. The number of sulfonamides is 1. The Kier molecular flexibility index (Phi) is 12.2. The second kappa shape index (κ2) is 13.5. The van der Waals surface area contributed by atoms with E-state index in [1.807, 2.05) is 25.7 Å². The zero-order valence-electron chi connectivity index (χ0n) is 18.3. The summed E-state index contributed by atoms with van der Waals surface area (Å²) in [6.07, 6.45) is -1.06. The maximum atomic E-state index is 13.8. The van der Waals surface area contributed by atoms with Crippen LogP contribution in [0.5, 0.6) is 0 Å². The van der Waals surface area contributed by atoms with Gasteiger partial charge in [0.25, 0.3) is 0 Å². The second-order valence-corrected chi connectivity index (χ2v) is 9.44. The van der Waals surface area contributed by atoms with Crippen molar-refractivity contribution in [2.75, 3.05) is 51.6 Å². The first-order valence-electron chi connectivity index (χ1n) is 10.3. The Balaban J connectivity index is 0.00000480. The molecule has 0 aromatic heterocycles. The number of nitrogens with zero attached hydrogens (tertiary/aromatic N) is 3. The Labute approximate surface area is 201 Å². The topological polar surface area (TPSA) is 94.5 Å². The van der Waals surface area contributed by atoms with Crippen molar-refractivity contribution in [1.82, 2.24) is 14.5 Å². The average Bonchev–Trinajstić information content (AvgIpc) is 2.71. The highest BCUT2D eigenvalue weighted by Gasteiger charge is 2.28. The zero-order valence-corrected chi connectivity index (χ0v) is 21.5. The lowest BCUT2D eigenvalue weighted by Crippen LogP contribution is -2.54. The number of guanidine groups is 1. The molecule has 31 heavy (non-hydrogen) atoms. The number of nitrogens with one attached hydrogen (secondary N) is 1. The van der Waals surface area contributed by atoms with Crippen LogP contribution < -0.4 is 5.32 Å². The molecule has 1 fully saturated rings. The Morgan fingerprint density at radius 2 is 1.90 bits per heavy atom. The molecule has 0 bridgehead atoms. The van der Waals surface area contributed by atoms with Crippen LogP contribution in [0.25, 0.3) is 0 Å². The molecule has 1 unspecified atom stereocenters. The highest BCUT2D eigenvalue weighted by molar-refractivity contribution is 14.0. The molecule has 0 amide bonds. The number of benzene rings is 1. The first-order valence-corrected chi connectivity index (χ1v) is 11.9. The predicted molar refractivity (Wildman–Crippen MR) is 131 cm³/mol. The Bertz CT molecular complexity index is 802. The van der Waals surface area contributed by atoms with Crippen LogP contribution in [0.3, 0.4) is 0 Å². The molecule has 2 N–H and O–H groups in total. The van der Waals surface area contributed by atoms with Crippen molar-refractivity contribution >= 4 is 40.0 Å². The summed E-state index contributed by atoms with van der Waals surface area (Å²) >= 11 is 0. The monoisotopic (exact) mass is 572 g/mol. The summed E-state index contributed by atoms with van der Waals surface area (Å²) in [6, 6.07) is 6.08. The summed E-state index contributed by atoms with van der Waals surface area (Å²) in [5.74, 6) is 0.0762. The van der Waals surface area contributed by atoms with E-state index in [9.17, 15) is 17.9 Å². The summed E-state index contributed by atoms with van der Waals surface area (Å²) in [7, 11) is -3.37. The zero-order chi connectivity index (χ0) is 22.1. The molecule has 1 aromatic carbocycles. The van der Waals surface area contributed by atoms with Gasteiger partial charge in [0.15, 0.2) is 5.96 Å². The average molecular weight is 572 g/mol. The summed E-state index contributed by atoms with van der Waals surface area (Å²) in [5.41, 5.74) is 0.205. The molecule has 0 aliphatic carbocycles. The maximum absolute atomic E-state index is 13.8. The lowest BCUT2D eigenvalue weighted by molar-refractivity contribution is 0.0904. The number of hydrogen-bond donors (Lipinski definition) is 2. The molecular formula is C20H34FIN4O4S. The third kappa shape index (κ3) is 8.79. The number of halogens is 2. The molecule has 1 aliphatic rings. The van der Waals surface area contributed by atoms with E-state index in [-0.39, 0.29) is 54.5 Å². The van der Waals surface area contributed by atoms with E-state index >= 15 is 0 Å². The molecule has 11 heteroatoms. The first-order chi connectivity index (χ1) is 14.2. The largest absolute Gasteiger partial charge is 0.386 e. The molecule has 1 aliphatic heterocycles. The predicted octanol–water partition coefficient (Wildman–Crippen LogP) is 1.81. The van der Waals surface area contributed by atoms with Crippen molar-refractivity contribution in [3.8, 4) is 0 Å². The van der Waals surface area contributed by atoms with Gasteiger partial charge in [-0.2, -0.15) is 4.31 Å². The molecule has 178 valence electrons. The molecular weight excluding hydrogens is 538 g/mol. The Hall–Kier alpha value is -1.02.